The average molecular weight is 258 g/mol. The number of anilines is 1. The Bertz CT molecular complexity index is 470. The van der Waals surface area contributed by atoms with Gasteiger partial charge in [0.05, 0.1) is 0 Å². The van der Waals surface area contributed by atoms with Crippen LogP contribution in [0.25, 0.3) is 0 Å². The molecule has 1 aromatic carbocycles. The van der Waals surface area contributed by atoms with Crippen molar-refractivity contribution in [2.75, 3.05) is 18.4 Å². The van der Waals surface area contributed by atoms with Gasteiger partial charge in [0.25, 0.3) is 0 Å². The van der Waals surface area contributed by atoms with Gasteiger partial charge in [-0.3, -0.25) is 4.79 Å². The van der Waals surface area contributed by atoms with Gasteiger partial charge < -0.3 is 10.2 Å². The van der Waals surface area contributed by atoms with Gasteiger partial charge >= 0.3 is 0 Å². The van der Waals surface area contributed by atoms with Crippen LogP contribution in [0.1, 0.15) is 43.2 Å². The fraction of sp³-hybridized carbons (Fsp3) is 0.562. The van der Waals surface area contributed by atoms with Crippen molar-refractivity contribution in [3.63, 3.8) is 0 Å². The monoisotopic (exact) mass is 258 g/mol. The van der Waals surface area contributed by atoms with E-state index >= 15 is 0 Å². The van der Waals surface area contributed by atoms with Gasteiger partial charge in [-0.1, -0.05) is 24.6 Å². The molecule has 1 fully saturated rings. The number of fused-ring (bicyclic) bond motifs is 1. The van der Waals surface area contributed by atoms with Crippen LogP contribution < -0.4 is 5.32 Å². The number of hydrogen-bond acceptors (Lipinski definition) is 2. The lowest BCUT2D eigenvalue weighted by Gasteiger charge is -2.26. The molecule has 0 atom stereocenters. The maximum absolute atomic E-state index is 12.1. The third-order valence-corrected chi connectivity index (χ3v) is 4.19. The maximum Gasteiger partial charge on any atom is 0.222 e. The first-order chi connectivity index (χ1) is 9.34. The number of rotatable bonds is 2. The Morgan fingerprint density at radius 3 is 3.00 bits per heavy atom. The summed E-state index contributed by atoms with van der Waals surface area (Å²) < 4.78 is 0. The molecule has 1 amide bonds. The first-order valence-corrected chi connectivity index (χ1v) is 7.47. The van der Waals surface area contributed by atoms with Crippen molar-refractivity contribution in [3.05, 3.63) is 29.3 Å². The number of amides is 1. The molecule has 2 aliphatic heterocycles. The second-order valence-electron chi connectivity index (χ2n) is 5.61. The molecule has 1 aromatic rings. The fourth-order valence-corrected chi connectivity index (χ4v) is 3.12. The molecular weight excluding hydrogens is 236 g/mol. The largest absolute Gasteiger partial charge is 0.385 e. The van der Waals surface area contributed by atoms with Gasteiger partial charge in [-0.25, -0.2) is 0 Å². The van der Waals surface area contributed by atoms with E-state index in [1.807, 2.05) is 4.90 Å². The summed E-state index contributed by atoms with van der Waals surface area (Å²) in [6, 6.07) is 6.49. The Hall–Kier alpha value is -1.51. The highest BCUT2D eigenvalue weighted by atomic mass is 16.2. The van der Waals surface area contributed by atoms with Gasteiger partial charge in [0.1, 0.15) is 0 Å². The highest BCUT2D eigenvalue weighted by Gasteiger charge is 2.19. The van der Waals surface area contributed by atoms with Crippen LogP contribution in [0.15, 0.2) is 18.2 Å². The Morgan fingerprint density at radius 2 is 2.05 bits per heavy atom. The molecule has 2 aliphatic rings. The Balaban J connectivity index is 1.80. The van der Waals surface area contributed by atoms with Crippen molar-refractivity contribution in [2.24, 2.45) is 0 Å². The molecule has 2 heterocycles. The third kappa shape index (κ3) is 2.75. The number of nitrogens with zero attached hydrogens (tertiary/aromatic N) is 1. The van der Waals surface area contributed by atoms with E-state index in [0.717, 1.165) is 45.3 Å². The Morgan fingerprint density at radius 1 is 1.11 bits per heavy atom. The topological polar surface area (TPSA) is 32.3 Å². The quantitative estimate of drug-likeness (QED) is 0.884. The number of nitrogens with one attached hydrogen (secondary N) is 1. The summed E-state index contributed by atoms with van der Waals surface area (Å²) in [5.41, 5.74) is 3.98. The smallest absolute Gasteiger partial charge is 0.222 e. The molecule has 102 valence electrons. The molecule has 0 aliphatic carbocycles. The highest BCUT2D eigenvalue weighted by Crippen LogP contribution is 2.27. The summed E-state index contributed by atoms with van der Waals surface area (Å²) in [6.45, 7) is 2.75. The minimum Gasteiger partial charge on any atom is -0.385 e. The van der Waals surface area contributed by atoms with Gasteiger partial charge in [0.15, 0.2) is 0 Å². The molecular formula is C16H22N2O. The molecule has 1 N–H and O–H groups in total. The zero-order valence-electron chi connectivity index (χ0n) is 11.5. The number of hydrogen-bond donors (Lipinski definition) is 1. The van der Waals surface area contributed by atoms with Gasteiger partial charge in [-0.05, 0) is 36.8 Å². The summed E-state index contributed by atoms with van der Waals surface area (Å²) in [5, 5.41) is 3.51. The molecule has 0 bridgehead atoms. The summed E-state index contributed by atoms with van der Waals surface area (Å²) >= 11 is 0. The molecule has 0 spiro atoms. The summed E-state index contributed by atoms with van der Waals surface area (Å²) in [5.74, 6) is 0.325. The molecule has 0 saturated carbocycles. The lowest BCUT2D eigenvalue weighted by Crippen LogP contribution is -2.30. The average Bonchev–Trinajstić information content (AvgIpc) is 2.65. The number of carbonyl (C=O) groups is 1. The van der Waals surface area contributed by atoms with E-state index in [0.29, 0.717) is 5.91 Å². The second-order valence-corrected chi connectivity index (χ2v) is 5.61. The van der Waals surface area contributed by atoms with E-state index < -0.39 is 0 Å². The number of para-hydroxylation sites is 1. The fourth-order valence-electron chi connectivity index (χ4n) is 3.12. The van der Waals surface area contributed by atoms with Crippen LogP contribution in [0.5, 0.6) is 0 Å². The molecule has 0 unspecified atom stereocenters. The summed E-state index contributed by atoms with van der Waals surface area (Å²) in [4.78, 5) is 14.1. The van der Waals surface area contributed by atoms with Crippen molar-refractivity contribution < 1.29 is 4.79 Å². The zero-order valence-corrected chi connectivity index (χ0v) is 11.5. The zero-order chi connectivity index (χ0) is 13.1. The van der Waals surface area contributed by atoms with Gasteiger partial charge in [0.2, 0.25) is 5.91 Å². The van der Waals surface area contributed by atoms with E-state index in [4.69, 9.17) is 0 Å². The van der Waals surface area contributed by atoms with Crippen LogP contribution in [0.2, 0.25) is 0 Å². The predicted molar refractivity (Wildman–Crippen MR) is 77.1 cm³/mol. The molecule has 0 aromatic heterocycles. The van der Waals surface area contributed by atoms with Crippen LogP contribution in [0.3, 0.4) is 0 Å². The van der Waals surface area contributed by atoms with E-state index in [-0.39, 0.29) is 0 Å². The van der Waals surface area contributed by atoms with E-state index in [2.05, 4.69) is 23.5 Å². The number of aryl methyl sites for hydroxylation is 1. The minimum absolute atomic E-state index is 0.325. The van der Waals surface area contributed by atoms with Crippen molar-refractivity contribution >= 4 is 11.6 Å². The number of carbonyl (C=O) groups excluding carboxylic acids is 1. The van der Waals surface area contributed by atoms with Crippen molar-refractivity contribution in [1.29, 1.82) is 0 Å². The lowest BCUT2D eigenvalue weighted by molar-refractivity contribution is -0.131. The summed E-state index contributed by atoms with van der Waals surface area (Å²) in [6.07, 6.45) is 6.48. The van der Waals surface area contributed by atoms with E-state index in [1.54, 1.807) is 0 Å². The van der Waals surface area contributed by atoms with Gasteiger partial charge in [-0.2, -0.15) is 0 Å². The predicted octanol–water partition coefficient (Wildman–Crippen LogP) is 2.95. The molecule has 3 nitrogen and oxygen atoms in total. The summed E-state index contributed by atoms with van der Waals surface area (Å²) in [7, 11) is 0. The normalized spacial score (nSPS) is 19.6. The van der Waals surface area contributed by atoms with E-state index in [1.165, 1.54) is 29.7 Å². The second kappa shape index (κ2) is 5.64. The molecule has 1 saturated heterocycles. The van der Waals surface area contributed by atoms with Gasteiger partial charge in [0, 0.05) is 31.7 Å². The maximum atomic E-state index is 12.1. The molecule has 19 heavy (non-hydrogen) atoms. The number of likely N-dealkylation sites (tertiary alicyclic amines) is 1. The first kappa shape index (κ1) is 12.5. The van der Waals surface area contributed by atoms with Crippen molar-refractivity contribution in [2.45, 2.75) is 45.1 Å². The molecule has 0 radical (unpaired) electrons. The molecule has 3 heteroatoms. The van der Waals surface area contributed by atoms with Crippen LogP contribution in [-0.2, 0) is 17.8 Å². The minimum atomic E-state index is 0.325. The van der Waals surface area contributed by atoms with Crippen LogP contribution in [0, 0.1) is 0 Å². The van der Waals surface area contributed by atoms with Crippen molar-refractivity contribution in [1.82, 2.24) is 4.90 Å². The highest BCUT2D eigenvalue weighted by molar-refractivity contribution is 5.76. The third-order valence-electron chi connectivity index (χ3n) is 4.19. The molecule has 3 rings (SSSR count). The van der Waals surface area contributed by atoms with Gasteiger partial charge in [-0.15, -0.1) is 0 Å². The SMILES string of the molecule is O=C1CCCCCN1Cc1cccc2c1NCCC2. The van der Waals surface area contributed by atoms with Crippen LogP contribution >= 0.6 is 0 Å². The van der Waals surface area contributed by atoms with E-state index in [9.17, 15) is 4.79 Å². The standard InChI is InChI=1S/C16H22N2O/c19-15-9-2-1-3-11-18(15)12-14-7-4-6-13-8-5-10-17-16(13)14/h4,6-7,17H,1-3,5,8-12H2. The number of benzene rings is 1. The van der Waals surface area contributed by atoms with Crippen LogP contribution in [0.4, 0.5) is 5.69 Å². The Labute approximate surface area is 115 Å². The van der Waals surface area contributed by atoms with Crippen LogP contribution in [-0.4, -0.2) is 23.9 Å². The lowest BCUT2D eigenvalue weighted by atomic mass is 9.99. The first-order valence-electron chi connectivity index (χ1n) is 7.47. The Kier molecular flexibility index (Phi) is 3.72. The van der Waals surface area contributed by atoms with Crippen molar-refractivity contribution in [3.8, 4) is 0 Å².